The summed E-state index contributed by atoms with van der Waals surface area (Å²) in [5.41, 5.74) is 6.18. The monoisotopic (exact) mass is 511 g/mol. The number of nitrogens with zero attached hydrogens (tertiary/aromatic N) is 2. The van der Waals surface area contributed by atoms with E-state index in [1.165, 1.54) is 43.2 Å². The first-order chi connectivity index (χ1) is 18.3. The highest BCUT2D eigenvalue weighted by Crippen LogP contribution is 2.41. The van der Waals surface area contributed by atoms with Crippen molar-refractivity contribution in [3.8, 4) is 11.5 Å². The van der Waals surface area contributed by atoms with Gasteiger partial charge in [-0.3, -0.25) is 0 Å². The average molecular weight is 512 g/mol. The standard InChI is InChI=1S/C33H41N3O2/c1-6-7-8-9-10-11-18-38-27-14-17-30(31(37)21-27)33(29-16-13-24(3)20-26(29)5)35-22-34-32(36-33)28-15-12-23(2)19-25(28)4/h12-17,19-22,37H,6-11,18H2,1-5H3,(H,34,35,36). The van der Waals surface area contributed by atoms with Crippen LogP contribution in [-0.2, 0) is 5.66 Å². The number of rotatable bonds is 11. The number of aryl methyl sites for hydroxylation is 4. The maximum Gasteiger partial charge on any atom is 0.188 e. The molecule has 5 heteroatoms. The number of hydrogen-bond donors (Lipinski definition) is 2. The summed E-state index contributed by atoms with van der Waals surface area (Å²) in [4.78, 5) is 9.51. The zero-order valence-corrected chi connectivity index (χ0v) is 23.5. The third-order valence-electron chi connectivity index (χ3n) is 7.27. The number of aliphatic imine (C=N–C) groups is 2. The van der Waals surface area contributed by atoms with Crippen molar-refractivity contribution in [1.29, 1.82) is 0 Å². The van der Waals surface area contributed by atoms with Gasteiger partial charge < -0.3 is 15.2 Å². The van der Waals surface area contributed by atoms with Crippen molar-refractivity contribution in [3.05, 3.63) is 93.5 Å². The van der Waals surface area contributed by atoms with E-state index in [1.807, 2.05) is 12.1 Å². The summed E-state index contributed by atoms with van der Waals surface area (Å²) < 4.78 is 5.99. The Bertz CT molecular complexity index is 1330. The van der Waals surface area contributed by atoms with Crippen LogP contribution in [0.15, 0.2) is 64.6 Å². The van der Waals surface area contributed by atoms with Gasteiger partial charge in [-0.25, -0.2) is 9.98 Å². The van der Waals surface area contributed by atoms with Crippen LogP contribution in [0.1, 0.15) is 84.4 Å². The first kappa shape index (κ1) is 27.4. The van der Waals surface area contributed by atoms with Gasteiger partial charge in [0, 0.05) is 22.8 Å². The lowest BCUT2D eigenvalue weighted by molar-refractivity contribution is 0.302. The third-order valence-corrected chi connectivity index (χ3v) is 7.27. The van der Waals surface area contributed by atoms with Crippen LogP contribution in [0.3, 0.4) is 0 Å². The van der Waals surface area contributed by atoms with Crippen LogP contribution in [0.2, 0.25) is 0 Å². The van der Waals surface area contributed by atoms with Gasteiger partial charge in [0.1, 0.15) is 23.7 Å². The van der Waals surface area contributed by atoms with E-state index in [-0.39, 0.29) is 5.75 Å². The van der Waals surface area contributed by atoms with Crippen LogP contribution in [-0.4, -0.2) is 23.9 Å². The third kappa shape index (κ3) is 6.09. The molecule has 0 spiro atoms. The molecule has 200 valence electrons. The minimum Gasteiger partial charge on any atom is -0.507 e. The molecule has 0 saturated heterocycles. The molecule has 1 aliphatic rings. The van der Waals surface area contributed by atoms with Crippen LogP contribution >= 0.6 is 0 Å². The first-order valence-corrected chi connectivity index (χ1v) is 13.9. The summed E-state index contributed by atoms with van der Waals surface area (Å²) in [7, 11) is 0. The normalized spacial score (nSPS) is 16.7. The van der Waals surface area contributed by atoms with E-state index in [0.717, 1.165) is 34.5 Å². The first-order valence-electron chi connectivity index (χ1n) is 13.9. The van der Waals surface area contributed by atoms with Crippen molar-refractivity contribution in [3.63, 3.8) is 0 Å². The van der Waals surface area contributed by atoms with Crippen molar-refractivity contribution in [2.24, 2.45) is 9.98 Å². The largest absolute Gasteiger partial charge is 0.507 e. The topological polar surface area (TPSA) is 66.2 Å². The van der Waals surface area contributed by atoms with Crippen molar-refractivity contribution in [1.82, 2.24) is 5.32 Å². The number of hydrogen-bond acceptors (Lipinski definition) is 5. The lowest BCUT2D eigenvalue weighted by Gasteiger charge is -2.37. The van der Waals surface area contributed by atoms with E-state index in [2.05, 4.69) is 81.3 Å². The molecule has 38 heavy (non-hydrogen) atoms. The van der Waals surface area contributed by atoms with Crippen LogP contribution < -0.4 is 10.1 Å². The SMILES string of the molecule is CCCCCCCCOc1ccc(C2(c3ccc(C)cc3C)N=CN=C(c3ccc(C)cc3C)N2)c(O)c1. The molecule has 3 aromatic rings. The van der Waals surface area contributed by atoms with Crippen molar-refractivity contribution >= 4 is 12.2 Å². The number of benzene rings is 3. The van der Waals surface area contributed by atoms with Gasteiger partial charge >= 0.3 is 0 Å². The average Bonchev–Trinajstić information content (AvgIpc) is 2.88. The zero-order valence-electron chi connectivity index (χ0n) is 23.5. The van der Waals surface area contributed by atoms with Gasteiger partial charge in [0.2, 0.25) is 0 Å². The molecule has 0 aliphatic carbocycles. The fraction of sp³-hybridized carbons (Fsp3) is 0.394. The molecule has 3 aromatic carbocycles. The molecule has 1 unspecified atom stereocenters. The van der Waals surface area contributed by atoms with Crippen molar-refractivity contribution < 1.29 is 9.84 Å². The van der Waals surface area contributed by atoms with E-state index in [0.29, 0.717) is 17.9 Å². The van der Waals surface area contributed by atoms with Gasteiger partial charge in [-0.05, 0) is 57.4 Å². The molecule has 0 bridgehead atoms. The fourth-order valence-electron chi connectivity index (χ4n) is 5.24. The summed E-state index contributed by atoms with van der Waals surface area (Å²) in [5, 5.41) is 15.0. The highest BCUT2D eigenvalue weighted by molar-refractivity contribution is 6.05. The van der Waals surface area contributed by atoms with Crippen LogP contribution in [0.5, 0.6) is 11.5 Å². The minimum absolute atomic E-state index is 0.136. The molecule has 0 fully saturated rings. The molecule has 1 aliphatic heterocycles. The number of unbranched alkanes of at least 4 members (excludes halogenated alkanes) is 5. The van der Waals surface area contributed by atoms with E-state index in [1.54, 1.807) is 12.4 Å². The number of phenolic OH excluding ortho intramolecular Hbond substituents is 1. The lowest BCUT2D eigenvalue weighted by Crippen LogP contribution is -2.48. The molecule has 2 N–H and O–H groups in total. The summed E-state index contributed by atoms with van der Waals surface area (Å²) in [6.07, 6.45) is 8.86. The molecule has 0 radical (unpaired) electrons. The second-order valence-electron chi connectivity index (χ2n) is 10.5. The summed E-state index contributed by atoms with van der Waals surface area (Å²) >= 11 is 0. The Morgan fingerprint density at radius 1 is 0.789 bits per heavy atom. The van der Waals surface area contributed by atoms with Crippen LogP contribution in [0, 0.1) is 27.7 Å². The Hall–Kier alpha value is -3.60. The Labute approximate surface area is 227 Å². The predicted molar refractivity (Wildman–Crippen MR) is 158 cm³/mol. The van der Waals surface area contributed by atoms with Crippen LogP contribution in [0.4, 0.5) is 0 Å². The van der Waals surface area contributed by atoms with E-state index in [4.69, 9.17) is 9.73 Å². The smallest absolute Gasteiger partial charge is 0.188 e. The maximum atomic E-state index is 11.3. The Morgan fingerprint density at radius 3 is 2.18 bits per heavy atom. The Kier molecular flexibility index (Phi) is 8.88. The van der Waals surface area contributed by atoms with Crippen molar-refractivity contribution in [2.75, 3.05) is 6.61 Å². The quantitative estimate of drug-likeness (QED) is 0.260. The van der Waals surface area contributed by atoms with E-state index < -0.39 is 5.66 Å². The highest BCUT2D eigenvalue weighted by atomic mass is 16.5. The van der Waals surface area contributed by atoms with E-state index in [9.17, 15) is 5.11 Å². The predicted octanol–water partition coefficient (Wildman–Crippen LogP) is 7.64. The molecular formula is C33H41N3O2. The van der Waals surface area contributed by atoms with Gasteiger partial charge in [-0.15, -0.1) is 0 Å². The molecule has 0 aromatic heterocycles. The Morgan fingerprint density at radius 2 is 1.47 bits per heavy atom. The Balaban J connectivity index is 1.65. The zero-order chi connectivity index (χ0) is 27.1. The molecular weight excluding hydrogens is 470 g/mol. The molecule has 4 rings (SSSR count). The number of phenols is 1. The van der Waals surface area contributed by atoms with Gasteiger partial charge in [-0.2, -0.15) is 0 Å². The van der Waals surface area contributed by atoms with Crippen LogP contribution in [0.25, 0.3) is 0 Å². The lowest BCUT2D eigenvalue weighted by atomic mass is 9.86. The fourth-order valence-corrected chi connectivity index (χ4v) is 5.24. The second kappa shape index (κ2) is 12.3. The number of nitrogens with one attached hydrogen (secondary N) is 1. The van der Waals surface area contributed by atoms with E-state index >= 15 is 0 Å². The number of aromatic hydroxyl groups is 1. The minimum atomic E-state index is -1.03. The number of amidine groups is 1. The second-order valence-corrected chi connectivity index (χ2v) is 10.5. The van der Waals surface area contributed by atoms with Gasteiger partial charge in [0.15, 0.2) is 5.66 Å². The molecule has 5 nitrogen and oxygen atoms in total. The summed E-state index contributed by atoms with van der Waals surface area (Å²) in [5.74, 6) is 1.52. The summed E-state index contributed by atoms with van der Waals surface area (Å²) in [6.45, 7) is 11.2. The number of ether oxygens (including phenoxy) is 1. The van der Waals surface area contributed by atoms with Gasteiger partial charge in [0.25, 0.3) is 0 Å². The maximum absolute atomic E-state index is 11.3. The van der Waals surface area contributed by atoms with Gasteiger partial charge in [-0.1, -0.05) is 86.6 Å². The van der Waals surface area contributed by atoms with Gasteiger partial charge in [0.05, 0.1) is 6.61 Å². The molecule has 1 atom stereocenters. The molecule has 1 heterocycles. The molecule has 0 amide bonds. The summed E-state index contributed by atoms with van der Waals surface area (Å²) in [6, 6.07) is 18.2. The highest BCUT2D eigenvalue weighted by Gasteiger charge is 2.40. The van der Waals surface area contributed by atoms with Crippen molar-refractivity contribution in [2.45, 2.75) is 78.8 Å². The molecule has 0 saturated carbocycles.